The molecule has 2 rings (SSSR count). The van der Waals surface area contributed by atoms with Crippen molar-refractivity contribution >= 4 is 5.69 Å². The molecule has 2 N–H and O–H groups in total. The van der Waals surface area contributed by atoms with Crippen LogP contribution < -0.4 is 15.4 Å². The second-order valence-electron chi connectivity index (χ2n) is 4.62. The molecule has 0 aliphatic carbocycles. The Labute approximate surface area is 120 Å². The second kappa shape index (κ2) is 7.50. The Bertz CT molecular complexity index is 516. The van der Waals surface area contributed by atoms with Gasteiger partial charge in [0.2, 0.25) is 0 Å². The maximum absolute atomic E-state index is 5.64. The zero-order valence-corrected chi connectivity index (χ0v) is 11.8. The van der Waals surface area contributed by atoms with Crippen molar-refractivity contribution in [2.45, 2.75) is 13.0 Å². The fourth-order valence-electron chi connectivity index (χ4n) is 2.10. The van der Waals surface area contributed by atoms with Crippen LogP contribution in [0.15, 0.2) is 48.8 Å². The first-order valence-electron chi connectivity index (χ1n) is 6.81. The molecule has 0 radical (unpaired) electrons. The van der Waals surface area contributed by atoms with Gasteiger partial charge >= 0.3 is 0 Å². The number of nitrogens with two attached hydrogens (primary N) is 1. The van der Waals surface area contributed by atoms with Crippen LogP contribution in [0.2, 0.25) is 0 Å². The van der Waals surface area contributed by atoms with Gasteiger partial charge in [0.15, 0.2) is 0 Å². The molecule has 0 spiro atoms. The van der Waals surface area contributed by atoms with Gasteiger partial charge in [-0.3, -0.25) is 4.98 Å². The van der Waals surface area contributed by atoms with Gasteiger partial charge in [-0.05, 0) is 42.8 Å². The lowest BCUT2D eigenvalue weighted by atomic mass is 10.2. The molecule has 0 saturated carbocycles. The molecule has 2 aromatic rings. The number of anilines is 1. The van der Waals surface area contributed by atoms with E-state index in [0.29, 0.717) is 6.54 Å². The molecule has 0 unspecified atom stereocenters. The van der Waals surface area contributed by atoms with Crippen LogP contribution in [0.3, 0.4) is 0 Å². The van der Waals surface area contributed by atoms with E-state index in [1.807, 2.05) is 36.7 Å². The summed E-state index contributed by atoms with van der Waals surface area (Å²) in [4.78, 5) is 6.37. The quantitative estimate of drug-likeness (QED) is 0.840. The smallest absolute Gasteiger partial charge is 0.120 e. The number of nitrogens with zero attached hydrogens (tertiary/aromatic N) is 2. The van der Waals surface area contributed by atoms with E-state index in [0.717, 1.165) is 30.9 Å². The lowest BCUT2D eigenvalue weighted by Crippen LogP contribution is -2.25. The Hall–Kier alpha value is -2.07. The van der Waals surface area contributed by atoms with Crippen molar-refractivity contribution in [2.75, 3.05) is 25.1 Å². The molecule has 0 aliphatic heterocycles. The third kappa shape index (κ3) is 3.96. The predicted molar refractivity (Wildman–Crippen MR) is 82.0 cm³/mol. The van der Waals surface area contributed by atoms with Crippen LogP contribution in [0.25, 0.3) is 0 Å². The Morgan fingerprint density at radius 2 is 2.00 bits per heavy atom. The molecule has 1 aromatic carbocycles. The second-order valence-corrected chi connectivity index (χ2v) is 4.62. The van der Waals surface area contributed by atoms with E-state index in [4.69, 9.17) is 10.5 Å². The monoisotopic (exact) mass is 271 g/mol. The Morgan fingerprint density at radius 3 is 2.70 bits per heavy atom. The fraction of sp³-hybridized carbons (Fsp3) is 0.312. The van der Waals surface area contributed by atoms with Crippen molar-refractivity contribution in [3.63, 3.8) is 0 Å². The lowest BCUT2D eigenvalue weighted by molar-refractivity contribution is 0.414. The van der Waals surface area contributed by atoms with E-state index in [1.54, 1.807) is 7.11 Å². The standard InChI is InChI=1S/C16H21N3O/c1-20-16-5-2-4-15(12-16)19(11-3-8-17)13-14-6-9-18-10-7-14/h2,4-7,9-10,12H,3,8,11,13,17H2,1H3. The number of hydrogen-bond acceptors (Lipinski definition) is 4. The molecule has 0 bridgehead atoms. The van der Waals surface area contributed by atoms with Crippen LogP contribution in [0.5, 0.6) is 5.75 Å². The summed E-state index contributed by atoms with van der Waals surface area (Å²) in [5.74, 6) is 0.870. The zero-order chi connectivity index (χ0) is 14.2. The van der Waals surface area contributed by atoms with E-state index >= 15 is 0 Å². The van der Waals surface area contributed by atoms with Gasteiger partial charge in [-0.15, -0.1) is 0 Å². The van der Waals surface area contributed by atoms with Gasteiger partial charge in [0.05, 0.1) is 7.11 Å². The minimum absolute atomic E-state index is 0.691. The molecule has 20 heavy (non-hydrogen) atoms. The number of rotatable bonds is 7. The molecule has 1 heterocycles. The molecule has 0 fully saturated rings. The molecular weight excluding hydrogens is 250 g/mol. The summed E-state index contributed by atoms with van der Waals surface area (Å²) in [7, 11) is 1.69. The fourth-order valence-corrected chi connectivity index (χ4v) is 2.10. The van der Waals surface area contributed by atoms with Gasteiger partial charge in [-0.1, -0.05) is 6.07 Å². The molecule has 4 heteroatoms. The third-order valence-electron chi connectivity index (χ3n) is 3.17. The van der Waals surface area contributed by atoms with E-state index in [2.05, 4.69) is 22.0 Å². The molecule has 0 saturated heterocycles. The SMILES string of the molecule is COc1cccc(N(CCCN)Cc2ccncc2)c1. The molecule has 0 atom stereocenters. The summed E-state index contributed by atoms with van der Waals surface area (Å²) < 4.78 is 5.30. The first-order valence-corrected chi connectivity index (χ1v) is 6.81. The number of aromatic nitrogens is 1. The summed E-state index contributed by atoms with van der Waals surface area (Å²) in [5, 5.41) is 0. The van der Waals surface area contributed by atoms with Gasteiger partial charge < -0.3 is 15.4 Å². The number of methoxy groups -OCH3 is 1. The topological polar surface area (TPSA) is 51.4 Å². The molecule has 0 aliphatic rings. The summed E-state index contributed by atoms with van der Waals surface area (Å²) in [6.07, 6.45) is 4.60. The van der Waals surface area contributed by atoms with Gasteiger partial charge in [-0.25, -0.2) is 0 Å². The highest BCUT2D eigenvalue weighted by atomic mass is 16.5. The highest BCUT2D eigenvalue weighted by molar-refractivity contribution is 5.51. The summed E-state index contributed by atoms with van der Waals surface area (Å²) in [6.45, 7) is 2.46. The number of ether oxygens (including phenoxy) is 1. The summed E-state index contributed by atoms with van der Waals surface area (Å²) in [6, 6.07) is 12.2. The highest BCUT2D eigenvalue weighted by Gasteiger charge is 2.08. The van der Waals surface area contributed by atoms with Crippen LogP contribution in [0.4, 0.5) is 5.69 Å². The average molecular weight is 271 g/mol. The van der Waals surface area contributed by atoms with Gasteiger partial charge in [0, 0.05) is 37.2 Å². The zero-order valence-electron chi connectivity index (χ0n) is 11.8. The van der Waals surface area contributed by atoms with Crippen molar-refractivity contribution < 1.29 is 4.74 Å². The Morgan fingerprint density at radius 1 is 1.20 bits per heavy atom. The van der Waals surface area contributed by atoms with E-state index in [9.17, 15) is 0 Å². The minimum atomic E-state index is 0.691. The van der Waals surface area contributed by atoms with Gasteiger partial charge in [0.25, 0.3) is 0 Å². The number of hydrogen-bond donors (Lipinski definition) is 1. The van der Waals surface area contributed by atoms with E-state index < -0.39 is 0 Å². The normalized spacial score (nSPS) is 10.3. The first kappa shape index (κ1) is 14.3. The highest BCUT2D eigenvalue weighted by Crippen LogP contribution is 2.22. The maximum Gasteiger partial charge on any atom is 0.120 e. The molecule has 4 nitrogen and oxygen atoms in total. The van der Waals surface area contributed by atoms with E-state index in [-0.39, 0.29) is 0 Å². The van der Waals surface area contributed by atoms with Crippen LogP contribution >= 0.6 is 0 Å². The van der Waals surface area contributed by atoms with E-state index in [1.165, 1.54) is 5.56 Å². The van der Waals surface area contributed by atoms with Crippen molar-refractivity contribution in [1.82, 2.24) is 4.98 Å². The largest absolute Gasteiger partial charge is 0.497 e. The maximum atomic E-state index is 5.64. The number of benzene rings is 1. The molecule has 1 aromatic heterocycles. The summed E-state index contributed by atoms with van der Waals surface area (Å²) >= 11 is 0. The Balaban J connectivity index is 2.17. The third-order valence-corrected chi connectivity index (χ3v) is 3.17. The predicted octanol–water partition coefficient (Wildman–Crippen LogP) is 2.45. The van der Waals surface area contributed by atoms with Gasteiger partial charge in [-0.2, -0.15) is 0 Å². The summed E-state index contributed by atoms with van der Waals surface area (Å²) in [5.41, 5.74) is 8.03. The van der Waals surface area contributed by atoms with Crippen molar-refractivity contribution in [1.29, 1.82) is 0 Å². The first-order chi connectivity index (χ1) is 9.83. The Kier molecular flexibility index (Phi) is 5.38. The molecule has 106 valence electrons. The molecular formula is C16H21N3O. The van der Waals surface area contributed by atoms with Crippen LogP contribution in [0, 0.1) is 0 Å². The number of pyridine rings is 1. The van der Waals surface area contributed by atoms with Gasteiger partial charge in [0.1, 0.15) is 5.75 Å². The van der Waals surface area contributed by atoms with Crippen molar-refractivity contribution in [3.8, 4) is 5.75 Å². The minimum Gasteiger partial charge on any atom is -0.497 e. The van der Waals surface area contributed by atoms with Crippen molar-refractivity contribution in [3.05, 3.63) is 54.4 Å². The van der Waals surface area contributed by atoms with Crippen molar-refractivity contribution in [2.24, 2.45) is 5.73 Å². The van der Waals surface area contributed by atoms with Crippen LogP contribution in [-0.4, -0.2) is 25.2 Å². The molecule has 0 amide bonds. The lowest BCUT2D eigenvalue weighted by Gasteiger charge is -2.25. The average Bonchev–Trinajstić information content (AvgIpc) is 2.52. The van der Waals surface area contributed by atoms with Crippen LogP contribution in [-0.2, 0) is 6.54 Å². The van der Waals surface area contributed by atoms with Crippen LogP contribution in [0.1, 0.15) is 12.0 Å².